The van der Waals surface area contributed by atoms with Crippen LogP contribution >= 0.6 is 11.8 Å². The van der Waals surface area contributed by atoms with Crippen molar-refractivity contribution in [1.82, 2.24) is 9.55 Å². The van der Waals surface area contributed by atoms with Crippen molar-refractivity contribution < 1.29 is 19.1 Å². The zero-order valence-corrected chi connectivity index (χ0v) is 20.0. The molecule has 0 saturated heterocycles. The zero-order valence-electron chi connectivity index (χ0n) is 19.2. The Morgan fingerprint density at radius 1 is 1.00 bits per heavy atom. The summed E-state index contributed by atoms with van der Waals surface area (Å²) in [6.07, 6.45) is 0. The highest BCUT2D eigenvalue weighted by molar-refractivity contribution is 7.99. The van der Waals surface area contributed by atoms with Crippen molar-refractivity contribution in [3.05, 3.63) is 88.7 Å². The molecule has 0 aliphatic heterocycles. The normalized spacial score (nSPS) is 10.7. The van der Waals surface area contributed by atoms with Gasteiger partial charge < -0.3 is 14.8 Å². The molecule has 35 heavy (non-hydrogen) atoms. The number of methoxy groups -OCH3 is 1. The molecule has 178 valence electrons. The fourth-order valence-corrected chi connectivity index (χ4v) is 4.34. The van der Waals surface area contributed by atoms with E-state index in [9.17, 15) is 14.4 Å². The van der Waals surface area contributed by atoms with E-state index in [2.05, 4.69) is 10.3 Å². The van der Waals surface area contributed by atoms with E-state index in [0.29, 0.717) is 33.2 Å². The maximum atomic E-state index is 13.4. The van der Waals surface area contributed by atoms with E-state index in [-0.39, 0.29) is 29.4 Å². The molecule has 4 rings (SSSR count). The molecule has 1 N–H and O–H groups in total. The molecule has 9 heteroatoms. The average molecular weight is 490 g/mol. The van der Waals surface area contributed by atoms with Gasteiger partial charge >= 0.3 is 5.97 Å². The van der Waals surface area contributed by atoms with Crippen molar-refractivity contribution in [2.24, 2.45) is 0 Å². The van der Waals surface area contributed by atoms with Crippen LogP contribution in [0.2, 0.25) is 0 Å². The number of rotatable bonds is 8. The topological polar surface area (TPSA) is 99.5 Å². The maximum absolute atomic E-state index is 13.4. The van der Waals surface area contributed by atoms with Gasteiger partial charge in [0.25, 0.3) is 5.56 Å². The van der Waals surface area contributed by atoms with Gasteiger partial charge in [-0.3, -0.25) is 14.2 Å². The summed E-state index contributed by atoms with van der Waals surface area (Å²) in [7, 11) is 1.53. The van der Waals surface area contributed by atoms with Crippen molar-refractivity contribution in [3.63, 3.8) is 0 Å². The lowest BCUT2D eigenvalue weighted by Crippen LogP contribution is -2.23. The molecule has 1 heterocycles. The van der Waals surface area contributed by atoms with Gasteiger partial charge in [-0.2, -0.15) is 0 Å². The summed E-state index contributed by atoms with van der Waals surface area (Å²) < 4.78 is 12.0. The van der Waals surface area contributed by atoms with Crippen molar-refractivity contribution in [2.45, 2.75) is 12.1 Å². The Kier molecular flexibility index (Phi) is 7.47. The third kappa shape index (κ3) is 5.20. The highest BCUT2D eigenvalue weighted by Crippen LogP contribution is 2.27. The van der Waals surface area contributed by atoms with Crippen molar-refractivity contribution in [3.8, 4) is 11.4 Å². The molecule has 1 amide bonds. The minimum Gasteiger partial charge on any atom is -0.495 e. The number of amides is 1. The summed E-state index contributed by atoms with van der Waals surface area (Å²) in [5, 5.41) is 3.55. The Hall–Kier alpha value is -4.11. The Balaban J connectivity index is 1.66. The van der Waals surface area contributed by atoms with E-state index in [1.807, 2.05) is 6.07 Å². The number of aromatic nitrogens is 2. The standard InChI is InChI=1S/C26H23N3O5S/c1-3-34-25(32)18-11-5-7-13-20(18)27-23(30)16-35-26-28-19-12-6-4-10-17(19)24(31)29(26)21-14-8-9-15-22(21)33-2/h4-15H,3,16H2,1-2H3,(H,27,30). The van der Waals surface area contributed by atoms with Gasteiger partial charge in [-0.25, -0.2) is 9.78 Å². The number of thioether (sulfide) groups is 1. The van der Waals surface area contributed by atoms with Gasteiger partial charge in [0.1, 0.15) is 5.75 Å². The molecule has 3 aromatic carbocycles. The monoisotopic (exact) mass is 489 g/mol. The Morgan fingerprint density at radius 2 is 1.71 bits per heavy atom. The van der Waals surface area contributed by atoms with E-state index >= 15 is 0 Å². The van der Waals surface area contributed by atoms with Crippen LogP contribution in [0.5, 0.6) is 5.75 Å². The first-order valence-corrected chi connectivity index (χ1v) is 11.9. The number of nitrogens with zero attached hydrogens (tertiary/aromatic N) is 2. The van der Waals surface area contributed by atoms with Crippen LogP contribution < -0.4 is 15.6 Å². The fourth-order valence-electron chi connectivity index (χ4n) is 3.53. The molecule has 0 radical (unpaired) electrons. The van der Waals surface area contributed by atoms with E-state index < -0.39 is 5.97 Å². The molecule has 0 atom stereocenters. The molecule has 0 saturated carbocycles. The van der Waals surface area contributed by atoms with Gasteiger partial charge in [-0.05, 0) is 43.3 Å². The number of carbonyl (C=O) groups excluding carboxylic acids is 2. The number of esters is 1. The number of benzene rings is 3. The predicted molar refractivity (Wildman–Crippen MR) is 136 cm³/mol. The summed E-state index contributed by atoms with van der Waals surface area (Å²) in [6.45, 7) is 1.94. The van der Waals surface area contributed by atoms with Crippen LogP contribution in [0.3, 0.4) is 0 Å². The molecule has 0 fully saturated rings. The second-order valence-electron chi connectivity index (χ2n) is 7.33. The first-order valence-electron chi connectivity index (χ1n) is 10.9. The fraction of sp³-hybridized carbons (Fsp3) is 0.154. The zero-order chi connectivity index (χ0) is 24.8. The molecule has 4 aromatic rings. The van der Waals surface area contributed by atoms with Crippen molar-refractivity contribution >= 4 is 40.2 Å². The van der Waals surface area contributed by atoms with Gasteiger partial charge in [-0.15, -0.1) is 0 Å². The average Bonchev–Trinajstić information content (AvgIpc) is 2.88. The van der Waals surface area contributed by atoms with Gasteiger partial charge in [0.05, 0.1) is 47.3 Å². The van der Waals surface area contributed by atoms with Crippen LogP contribution in [-0.4, -0.2) is 40.9 Å². The van der Waals surface area contributed by atoms with Crippen LogP contribution in [0.25, 0.3) is 16.6 Å². The lowest BCUT2D eigenvalue weighted by atomic mass is 10.2. The summed E-state index contributed by atoms with van der Waals surface area (Å²) >= 11 is 1.11. The van der Waals surface area contributed by atoms with Crippen molar-refractivity contribution in [1.29, 1.82) is 0 Å². The maximum Gasteiger partial charge on any atom is 0.340 e. The molecule has 1 aromatic heterocycles. The van der Waals surface area contributed by atoms with E-state index in [1.54, 1.807) is 73.7 Å². The van der Waals surface area contributed by atoms with E-state index in [1.165, 1.54) is 11.7 Å². The Morgan fingerprint density at radius 3 is 2.51 bits per heavy atom. The number of fused-ring (bicyclic) bond motifs is 1. The van der Waals surface area contributed by atoms with Gasteiger partial charge in [0.15, 0.2) is 5.16 Å². The number of nitrogens with one attached hydrogen (secondary N) is 1. The molecule has 8 nitrogen and oxygen atoms in total. The minimum absolute atomic E-state index is 0.0446. The lowest BCUT2D eigenvalue weighted by Gasteiger charge is -2.16. The van der Waals surface area contributed by atoms with Gasteiger partial charge in [0, 0.05) is 0 Å². The summed E-state index contributed by atoms with van der Waals surface area (Å²) in [6, 6.07) is 20.8. The number of ether oxygens (including phenoxy) is 2. The van der Waals surface area contributed by atoms with Gasteiger partial charge in [0.2, 0.25) is 5.91 Å². The number of anilines is 1. The summed E-state index contributed by atoms with van der Waals surface area (Å²) in [5.74, 6) is -0.420. The molecule has 0 aliphatic carbocycles. The third-order valence-corrected chi connectivity index (χ3v) is 6.04. The van der Waals surface area contributed by atoms with Crippen LogP contribution in [-0.2, 0) is 9.53 Å². The Bertz CT molecular complexity index is 1450. The second-order valence-corrected chi connectivity index (χ2v) is 8.27. The van der Waals surface area contributed by atoms with Crippen molar-refractivity contribution in [2.75, 3.05) is 24.8 Å². The predicted octanol–water partition coefficient (Wildman–Crippen LogP) is 4.30. The molecule has 0 spiro atoms. The number of carbonyl (C=O) groups is 2. The van der Waals surface area contributed by atoms with Crippen LogP contribution in [0.4, 0.5) is 5.69 Å². The molecular formula is C26H23N3O5S. The lowest BCUT2D eigenvalue weighted by molar-refractivity contribution is -0.113. The molecule has 0 aliphatic rings. The number of hydrogen-bond acceptors (Lipinski definition) is 7. The van der Waals surface area contributed by atoms with Crippen LogP contribution in [0.1, 0.15) is 17.3 Å². The SMILES string of the molecule is CCOC(=O)c1ccccc1NC(=O)CSc1nc2ccccc2c(=O)n1-c1ccccc1OC. The minimum atomic E-state index is -0.516. The third-order valence-electron chi connectivity index (χ3n) is 5.10. The first-order chi connectivity index (χ1) is 17.0. The number of para-hydroxylation sites is 4. The van der Waals surface area contributed by atoms with Gasteiger partial charge in [-0.1, -0.05) is 48.2 Å². The van der Waals surface area contributed by atoms with Crippen LogP contribution in [0.15, 0.2) is 82.7 Å². The second kappa shape index (κ2) is 10.9. The molecular weight excluding hydrogens is 466 g/mol. The molecule has 0 bridgehead atoms. The Labute approximate surface area is 205 Å². The summed E-state index contributed by atoms with van der Waals surface area (Å²) in [5.41, 5.74) is 1.40. The quantitative estimate of drug-likeness (QED) is 0.224. The summed E-state index contributed by atoms with van der Waals surface area (Å²) in [4.78, 5) is 43.1. The van der Waals surface area contributed by atoms with E-state index in [4.69, 9.17) is 9.47 Å². The van der Waals surface area contributed by atoms with Crippen LogP contribution in [0, 0.1) is 0 Å². The van der Waals surface area contributed by atoms with E-state index in [0.717, 1.165) is 11.8 Å². The number of hydrogen-bond donors (Lipinski definition) is 1. The largest absolute Gasteiger partial charge is 0.495 e. The first kappa shape index (κ1) is 24.0. The molecule has 0 unspecified atom stereocenters. The smallest absolute Gasteiger partial charge is 0.340 e. The highest BCUT2D eigenvalue weighted by Gasteiger charge is 2.18. The highest BCUT2D eigenvalue weighted by atomic mass is 32.2.